The molecular formula is C80H140. The molecule has 1 aliphatic rings. The molecule has 0 atom stereocenters. The van der Waals surface area contributed by atoms with Gasteiger partial charge >= 0.3 is 0 Å². The molecule has 460 valence electrons. The Labute approximate surface area is 504 Å². The minimum Gasteiger partial charge on any atom is -0.0885 e. The first-order chi connectivity index (χ1) is 40.0. The Kier molecular flexibility index (Phi) is 68.3. The van der Waals surface area contributed by atoms with Crippen molar-refractivity contribution in [2.75, 3.05) is 0 Å². The molecule has 0 aliphatic heterocycles. The molecule has 0 nitrogen and oxygen atoms in total. The lowest BCUT2D eigenvalue weighted by molar-refractivity contribution is 0.638. The van der Waals surface area contributed by atoms with Gasteiger partial charge in [0, 0.05) is 0 Å². The Balaban J connectivity index is 2.13. The van der Waals surface area contributed by atoms with Gasteiger partial charge in [0.25, 0.3) is 0 Å². The lowest BCUT2D eigenvalue weighted by Crippen LogP contribution is -1.80. The molecule has 0 unspecified atom stereocenters. The van der Waals surface area contributed by atoms with Crippen LogP contribution in [0, 0.1) is 0 Å². The van der Waals surface area contributed by atoms with E-state index >= 15 is 0 Å². The second-order valence-electron chi connectivity index (χ2n) is 24.6. The van der Waals surface area contributed by atoms with Crippen LogP contribution >= 0.6 is 0 Å². The van der Waals surface area contributed by atoms with Gasteiger partial charge in [-0.3, -0.25) is 0 Å². The number of allylic oxidation sites excluding steroid dienone is 20. The van der Waals surface area contributed by atoms with Crippen molar-refractivity contribution in [3.05, 3.63) is 122 Å². The molecule has 0 aromatic heterocycles. The Morgan fingerprint density at radius 3 is 0.163 bits per heavy atom. The van der Waals surface area contributed by atoms with Crippen molar-refractivity contribution in [1.82, 2.24) is 0 Å². The summed E-state index contributed by atoms with van der Waals surface area (Å²) < 4.78 is 0. The molecule has 80 heavy (non-hydrogen) atoms. The maximum Gasteiger partial charge on any atom is -0.0351 e. The van der Waals surface area contributed by atoms with Crippen molar-refractivity contribution in [2.45, 2.75) is 385 Å². The van der Waals surface area contributed by atoms with Crippen LogP contribution in [0.25, 0.3) is 0 Å². The van der Waals surface area contributed by atoms with Gasteiger partial charge in [0.05, 0.1) is 0 Å². The van der Waals surface area contributed by atoms with Gasteiger partial charge < -0.3 is 0 Å². The topological polar surface area (TPSA) is 0 Å². The second kappa shape index (κ2) is 72.5. The third kappa shape index (κ3) is 69.7. The highest BCUT2D eigenvalue weighted by molar-refractivity contribution is 4.88. The van der Waals surface area contributed by atoms with Crippen molar-refractivity contribution in [3.8, 4) is 0 Å². The second-order valence-corrected chi connectivity index (χ2v) is 24.6. The average Bonchev–Trinajstić information content (AvgIpc) is 3.47. The summed E-state index contributed by atoms with van der Waals surface area (Å²) in [7, 11) is 0. The van der Waals surface area contributed by atoms with E-state index in [9.17, 15) is 0 Å². The fourth-order valence-electron chi connectivity index (χ4n) is 11.1. The maximum atomic E-state index is 2.46. The molecule has 0 radical (unpaired) electrons. The van der Waals surface area contributed by atoms with Crippen molar-refractivity contribution < 1.29 is 0 Å². The first-order valence-corrected chi connectivity index (χ1v) is 36.5. The minimum atomic E-state index is 1.28. The smallest absolute Gasteiger partial charge is 0.0351 e. The van der Waals surface area contributed by atoms with Crippen molar-refractivity contribution in [3.63, 3.8) is 0 Å². The van der Waals surface area contributed by atoms with Crippen molar-refractivity contribution in [1.29, 1.82) is 0 Å². The van der Waals surface area contributed by atoms with Gasteiger partial charge in [-0.15, -0.1) is 0 Å². The normalized spacial score (nSPS) is 22.0. The van der Waals surface area contributed by atoms with Gasteiger partial charge in [0.1, 0.15) is 0 Å². The Morgan fingerprint density at radius 1 is 0.0625 bits per heavy atom. The minimum absolute atomic E-state index is 1.28. The highest BCUT2D eigenvalue weighted by atomic mass is 14.0. The van der Waals surface area contributed by atoms with E-state index in [1.807, 2.05) is 0 Å². The predicted octanol–water partition coefficient (Wildman–Crippen LogP) is 29.0. The van der Waals surface area contributed by atoms with Gasteiger partial charge in [0.15, 0.2) is 0 Å². The van der Waals surface area contributed by atoms with E-state index < -0.39 is 0 Å². The average molecular weight is 1100 g/mol. The predicted molar refractivity (Wildman–Crippen MR) is 368 cm³/mol. The first kappa shape index (κ1) is 75.4. The van der Waals surface area contributed by atoms with E-state index in [2.05, 4.69) is 122 Å². The Hall–Kier alpha value is -2.60. The third-order valence-electron chi connectivity index (χ3n) is 16.6. The van der Waals surface area contributed by atoms with Gasteiger partial charge in [0.2, 0.25) is 0 Å². The van der Waals surface area contributed by atoms with Crippen LogP contribution in [0.3, 0.4) is 0 Å². The lowest BCUT2D eigenvalue weighted by Gasteiger charge is -2.00. The van der Waals surface area contributed by atoms with Crippen LogP contribution in [-0.4, -0.2) is 0 Å². The molecule has 0 aromatic rings. The maximum absolute atomic E-state index is 2.46. The molecule has 0 N–H and O–H groups in total. The number of hydrogen-bond acceptors (Lipinski definition) is 0. The summed E-state index contributed by atoms with van der Waals surface area (Å²) in [6, 6.07) is 0. The summed E-state index contributed by atoms with van der Waals surface area (Å²) in [5.74, 6) is 0. The van der Waals surface area contributed by atoms with E-state index in [1.165, 1.54) is 385 Å². The highest BCUT2D eigenvalue weighted by Gasteiger charge is 1.96. The fourth-order valence-corrected chi connectivity index (χ4v) is 11.1. The zero-order valence-corrected chi connectivity index (χ0v) is 54.0. The molecule has 0 spiro atoms. The first-order valence-electron chi connectivity index (χ1n) is 36.5. The van der Waals surface area contributed by atoms with Crippen LogP contribution in [0.4, 0.5) is 0 Å². The SMILES string of the molecule is C1=CCCCCCCC=CCCCCCCC=CCCCCCCC=CCCCCCCC=CCCCCCCC=CCCCCCCC=CCCCCCCC=CCCCCCCC=CCCCCCCC=CCCCCCC1. The van der Waals surface area contributed by atoms with Gasteiger partial charge in [-0.1, -0.05) is 250 Å². The van der Waals surface area contributed by atoms with Crippen molar-refractivity contribution >= 4 is 0 Å². The summed E-state index contributed by atoms with van der Waals surface area (Å²) in [5, 5.41) is 0. The molecule has 0 aromatic carbocycles. The van der Waals surface area contributed by atoms with Crippen LogP contribution in [0.2, 0.25) is 0 Å². The third-order valence-corrected chi connectivity index (χ3v) is 16.6. The molecule has 0 heteroatoms. The molecule has 1 aliphatic carbocycles. The van der Waals surface area contributed by atoms with Crippen LogP contribution in [-0.2, 0) is 0 Å². The molecule has 0 fully saturated rings. The zero-order chi connectivity index (χ0) is 56.6. The van der Waals surface area contributed by atoms with Crippen LogP contribution in [0.1, 0.15) is 385 Å². The molecule has 0 heterocycles. The van der Waals surface area contributed by atoms with Gasteiger partial charge in [-0.05, 0) is 257 Å². The highest BCUT2D eigenvalue weighted by Crippen LogP contribution is 2.16. The monoisotopic (exact) mass is 1100 g/mol. The summed E-state index contributed by atoms with van der Waals surface area (Å²) in [6.07, 6.45) is 130. The van der Waals surface area contributed by atoms with E-state index in [0.717, 1.165) is 0 Å². The van der Waals surface area contributed by atoms with Gasteiger partial charge in [-0.2, -0.15) is 0 Å². The standard InChI is InChI=1S/C80H140/c1-2-4-6-8-10-12-14-16-18-20-22-24-26-28-30-32-34-36-38-40-42-44-46-48-50-52-54-56-58-60-62-64-66-68-70-72-74-76-78-80-79-77-75-73-71-69-67-65-63-61-59-57-55-53-51-49-47-45-43-41-39-37-35-33-31-29-27-25-23-21-19-17-15-13-11-9-7-5-3-1/h1-2,15-18,31-34,47-50,63-66,79-80H,3-14,19-30,35-46,51-62,67-78H2. The largest absolute Gasteiger partial charge is 0.0885 e. The molecule has 0 amide bonds. The molecule has 0 bridgehead atoms. The van der Waals surface area contributed by atoms with E-state index in [4.69, 9.17) is 0 Å². The summed E-state index contributed by atoms with van der Waals surface area (Å²) in [5.41, 5.74) is 0. The van der Waals surface area contributed by atoms with Crippen LogP contribution in [0.15, 0.2) is 122 Å². The quantitative estimate of drug-likeness (QED) is 0.212. The molecular weight excluding hydrogens is 961 g/mol. The Morgan fingerprint density at radius 2 is 0.113 bits per heavy atom. The number of hydrogen-bond donors (Lipinski definition) is 0. The lowest BCUT2D eigenvalue weighted by atomic mass is 10.1. The van der Waals surface area contributed by atoms with Crippen LogP contribution < -0.4 is 0 Å². The van der Waals surface area contributed by atoms with E-state index in [0.29, 0.717) is 0 Å². The summed E-state index contributed by atoms with van der Waals surface area (Å²) >= 11 is 0. The molecule has 1 rings (SSSR count). The Bertz CT molecular complexity index is 986. The number of rotatable bonds is 0. The van der Waals surface area contributed by atoms with Crippen molar-refractivity contribution in [2.24, 2.45) is 0 Å². The van der Waals surface area contributed by atoms with E-state index in [-0.39, 0.29) is 0 Å². The molecule has 0 saturated carbocycles. The molecule has 0 saturated heterocycles. The summed E-state index contributed by atoms with van der Waals surface area (Å²) in [4.78, 5) is 0. The van der Waals surface area contributed by atoms with E-state index in [1.54, 1.807) is 0 Å². The zero-order valence-electron chi connectivity index (χ0n) is 54.0. The van der Waals surface area contributed by atoms with Crippen LogP contribution in [0.5, 0.6) is 0 Å². The van der Waals surface area contributed by atoms with Gasteiger partial charge in [-0.25, -0.2) is 0 Å². The summed E-state index contributed by atoms with van der Waals surface area (Å²) in [6.45, 7) is 0. The fraction of sp³-hybridized carbons (Fsp3) is 0.750.